The van der Waals surface area contributed by atoms with E-state index >= 15 is 0 Å². The van der Waals surface area contributed by atoms with Crippen LogP contribution < -0.4 is 5.32 Å². The molecule has 0 radical (unpaired) electrons. The Bertz CT molecular complexity index is 219. The highest BCUT2D eigenvalue weighted by Gasteiger charge is 2.26. The topological polar surface area (TPSA) is 18.5 Å². The average Bonchev–Trinajstić information content (AvgIpc) is 2.64. The summed E-state index contributed by atoms with van der Waals surface area (Å²) in [7, 11) is 4.55. The number of nitrogens with zero attached hydrogens (tertiary/aromatic N) is 2. The average molecular weight is 225 g/mol. The molecule has 3 nitrogen and oxygen atoms in total. The van der Waals surface area contributed by atoms with E-state index in [-0.39, 0.29) is 0 Å². The lowest BCUT2D eigenvalue weighted by atomic mass is 9.96. The van der Waals surface area contributed by atoms with Crippen molar-refractivity contribution >= 4 is 0 Å². The van der Waals surface area contributed by atoms with Gasteiger partial charge in [-0.05, 0) is 51.9 Å². The summed E-state index contributed by atoms with van der Waals surface area (Å²) in [6.45, 7) is 8.61. The van der Waals surface area contributed by atoms with Crippen LogP contribution >= 0.6 is 0 Å². The number of piperidine rings is 1. The van der Waals surface area contributed by atoms with Crippen LogP contribution in [0.1, 0.15) is 19.8 Å². The minimum Gasteiger partial charge on any atom is -0.315 e. The predicted molar refractivity (Wildman–Crippen MR) is 68.7 cm³/mol. The smallest absolute Gasteiger partial charge is 0.0220 e. The molecule has 2 fully saturated rings. The zero-order valence-electron chi connectivity index (χ0n) is 11.1. The van der Waals surface area contributed by atoms with Crippen molar-refractivity contribution < 1.29 is 0 Å². The molecule has 1 N–H and O–H groups in total. The van der Waals surface area contributed by atoms with Crippen molar-refractivity contribution in [3.63, 3.8) is 0 Å². The van der Waals surface area contributed by atoms with Gasteiger partial charge < -0.3 is 15.1 Å². The van der Waals surface area contributed by atoms with Gasteiger partial charge in [0.15, 0.2) is 0 Å². The number of rotatable bonds is 3. The lowest BCUT2D eigenvalue weighted by Gasteiger charge is -2.35. The first-order valence-corrected chi connectivity index (χ1v) is 6.74. The van der Waals surface area contributed by atoms with Crippen LogP contribution in [0.2, 0.25) is 0 Å². The molecule has 2 rings (SSSR count). The number of likely N-dealkylation sites (tertiary alicyclic amines) is 1. The van der Waals surface area contributed by atoms with E-state index in [4.69, 9.17) is 0 Å². The molecular weight excluding hydrogens is 198 g/mol. The summed E-state index contributed by atoms with van der Waals surface area (Å²) in [5.41, 5.74) is 0. The summed E-state index contributed by atoms with van der Waals surface area (Å²) in [5, 5.41) is 3.55. The molecule has 0 amide bonds. The molecule has 0 aromatic rings. The second-order valence-corrected chi connectivity index (χ2v) is 6.01. The Morgan fingerprint density at radius 3 is 2.81 bits per heavy atom. The van der Waals surface area contributed by atoms with E-state index in [1.54, 1.807) is 0 Å². The Balaban J connectivity index is 1.76. The lowest BCUT2D eigenvalue weighted by molar-refractivity contribution is 0.156. The highest BCUT2D eigenvalue weighted by molar-refractivity contribution is 4.83. The van der Waals surface area contributed by atoms with Crippen molar-refractivity contribution in [3.8, 4) is 0 Å². The highest BCUT2D eigenvalue weighted by atomic mass is 15.2. The fraction of sp³-hybridized carbons (Fsp3) is 1.00. The Kier molecular flexibility index (Phi) is 4.22. The van der Waals surface area contributed by atoms with Crippen LogP contribution in [0.4, 0.5) is 0 Å². The van der Waals surface area contributed by atoms with Crippen molar-refractivity contribution in [2.24, 2.45) is 11.8 Å². The fourth-order valence-corrected chi connectivity index (χ4v) is 3.19. The molecule has 0 aromatic carbocycles. The zero-order valence-corrected chi connectivity index (χ0v) is 11.1. The van der Waals surface area contributed by atoms with Gasteiger partial charge in [-0.1, -0.05) is 6.92 Å². The zero-order chi connectivity index (χ0) is 11.5. The molecule has 0 saturated carbocycles. The Labute approximate surface area is 100 Å². The summed E-state index contributed by atoms with van der Waals surface area (Å²) in [6, 6.07) is 0.759. The highest BCUT2D eigenvalue weighted by Crippen LogP contribution is 2.19. The van der Waals surface area contributed by atoms with E-state index in [1.807, 2.05) is 0 Å². The van der Waals surface area contributed by atoms with Gasteiger partial charge in [-0.3, -0.25) is 0 Å². The normalized spacial score (nSPS) is 37.1. The molecule has 0 spiro atoms. The molecule has 2 aliphatic heterocycles. The molecule has 2 aliphatic rings. The summed E-state index contributed by atoms with van der Waals surface area (Å²) in [4.78, 5) is 5.05. The van der Waals surface area contributed by atoms with Crippen LogP contribution in [0.15, 0.2) is 0 Å². The maximum Gasteiger partial charge on any atom is 0.0220 e. The Morgan fingerprint density at radius 2 is 2.19 bits per heavy atom. The van der Waals surface area contributed by atoms with Gasteiger partial charge in [-0.25, -0.2) is 0 Å². The molecule has 3 atom stereocenters. The van der Waals surface area contributed by atoms with Gasteiger partial charge in [-0.15, -0.1) is 0 Å². The third-order valence-corrected chi connectivity index (χ3v) is 4.21. The van der Waals surface area contributed by atoms with Crippen LogP contribution in [0, 0.1) is 11.8 Å². The monoisotopic (exact) mass is 225 g/mol. The molecule has 2 heterocycles. The van der Waals surface area contributed by atoms with Gasteiger partial charge >= 0.3 is 0 Å². The van der Waals surface area contributed by atoms with Gasteiger partial charge in [0.1, 0.15) is 0 Å². The quantitative estimate of drug-likeness (QED) is 0.769. The summed E-state index contributed by atoms with van der Waals surface area (Å²) >= 11 is 0. The van der Waals surface area contributed by atoms with Crippen molar-refractivity contribution in [2.45, 2.75) is 25.8 Å². The van der Waals surface area contributed by atoms with Gasteiger partial charge in [-0.2, -0.15) is 0 Å². The van der Waals surface area contributed by atoms with Crippen LogP contribution in [0.3, 0.4) is 0 Å². The number of hydrogen-bond acceptors (Lipinski definition) is 3. The Hall–Kier alpha value is -0.120. The third kappa shape index (κ3) is 3.19. The first kappa shape index (κ1) is 12.3. The van der Waals surface area contributed by atoms with E-state index in [2.05, 4.69) is 36.1 Å². The molecule has 94 valence electrons. The summed E-state index contributed by atoms with van der Waals surface area (Å²) < 4.78 is 0. The second kappa shape index (κ2) is 5.48. The molecule has 3 unspecified atom stereocenters. The fourth-order valence-electron chi connectivity index (χ4n) is 3.19. The van der Waals surface area contributed by atoms with Crippen LogP contribution in [-0.2, 0) is 0 Å². The van der Waals surface area contributed by atoms with E-state index in [9.17, 15) is 0 Å². The first-order chi connectivity index (χ1) is 7.65. The molecule has 0 aromatic heterocycles. The van der Waals surface area contributed by atoms with E-state index in [0.29, 0.717) is 0 Å². The van der Waals surface area contributed by atoms with Crippen molar-refractivity contribution in [2.75, 3.05) is 46.8 Å². The lowest BCUT2D eigenvalue weighted by Crippen LogP contribution is -2.48. The van der Waals surface area contributed by atoms with E-state index in [1.165, 1.54) is 45.6 Å². The number of likely N-dealkylation sites (N-methyl/N-ethyl adjacent to an activating group) is 1. The van der Waals surface area contributed by atoms with Crippen molar-refractivity contribution in [1.82, 2.24) is 15.1 Å². The van der Waals surface area contributed by atoms with Gasteiger partial charge in [0.25, 0.3) is 0 Å². The van der Waals surface area contributed by atoms with Gasteiger partial charge in [0, 0.05) is 25.7 Å². The van der Waals surface area contributed by atoms with Gasteiger partial charge in [0.05, 0.1) is 0 Å². The summed E-state index contributed by atoms with van der Waals surface area (Å²) in [5.74, 6) is 1.74. The third-order valence-electron chi connectivity index (χ3n) is 4.21. The van der Waals surface area contributed by atoms with Crippen LogP contribution in [-0.4, -0.2) is 62.7 Å². The maximum absolute atomic E-state index is 3.55. The summed E-state index contributed by atoms with van der Waals surface area (Å²) in [6.07, 6.45) is 2.75. The maximum atomic E-state index is 3.55. The van der Waals surface area contributed by atoms with Crippen molar-refractivity contribution in [1.29, 1.82) is 0 Å². The predicted octanol–water partition coefficient (Wildman–Crippen LogP) is 0.868. The van der Waals surface area contributed by atoms with E-state index < -0.39 is 0 Å². The van der Waals surface area contributed by atoms with Crippen molar-refractivity contribution in [3.05, 3.63) is 0 Å². The standard InChI is InChI=1S/C13H27N3/c1-11-6-13(8-14-7-11)16(3)10-12-4-5-15(2)9-12/h11-14H,4-10H2,1-3H3. The molecule has 0 bridgehead atoms. The number of nitrogens with one attached hydrogen (secondary N) is 1. The molecule has 2 saturated heterocycles. The molecule has 3 heteroatoms. The van der Waals surface area contributed by atoms with Crippen LogP contribution in [0.25, 0.3) is 0 Å². The van der Waals surface area contributed by atoms with Gasteiger partial charge in [0.2, 0.25) is 0 Å². The minimum atomic E-state index is 0.759. The number of hydrogen-bond donors (Lipinski definition) is 1. The SMILES string of the molecule is CC1CNCC(N(C)CC2CCN(C)C2)C1. The molecular formula is C13H27N3. The second-order valence-electron chi connectivity index (χ2n) is 6.01. The minimum absolute atomic E-state index is 0.759. The molecule has 16 heavy (non-hydrogen) atoms. The Morgan fingerprint density at radius 1 is 1.38 bits per heavy atom. The van der Waals surface area contributed by atoms with Crippen LogP contribution in [0.5, 0.6) is 0 Å². The van der Waals surface area contributed by atoms with E-state index in [0.717, 1.165) is 17.9 Å². The molecule has 0 aliphatic carbocycles. The first-order valence-electron chi connectivity index (χ1n) is 6.74. The largest absolute Gasteiger partial charge is 0.315 e.